The molecule has 0 saturated carbocycles. The lowest BCUT2D eigenvalue weighted by Crippen LogP contribution is -2.06. The molecule has 0 spiro atoms. The molecule has 106 valence electrons. The number of rotatable bonds is 2. The van der Waals surface area contributed by atoms with Crippen LogP contribution in [-0.2, 0) is 6.18 Å². The van der Waals surface area contributed by atoms with Crippen LogP contribution in [0.25, 0.3) is 0 Å². The Morgan fingerprint density at radius 1 is 1.10 bits per heavy atom. The van der Waals surface area contributed by atoms with Crippen LogP contribution in [0.4, 0.5) is 24.7 Å². The van der Waals surface area contributed by atoms with E-state index in [1.54, 1.807) is 13.0 Å². The molecule has 0 aliphatic carbocycles. The molecule has 0 unspecified atom stereocenters. The predicted molar refractivity (Wildman–Crippen MR) is 71.5 cm³/mol. The molecule has 0 atom stereocenters. The first-order chi connectivity index (χ1) is 9.25. The van der Waals surface area contributed by atoms with E-state index in [-0.39, 0.29) is 21.8 Å². The van der Waals surface area contributed by atoms with Crippen LogP contribution in [0.3, 0.4) is 0 Å². The summed E-state index contributed by atoms with van der Waals surface area (Å²) in [4.78, 5) is 7.72. The van der Waals surface area contributed by atoms with Gasteiger partial charge in [0, 0.05) is 11.8 Å². The van der Waals surface area contributed by atoms with Crippen LogP contribution in [0.5, 0.6) is 0 Å². The highest BCUT2D eigenvalue weighted by Crippen LogP contribution is 2.34. The summed E-state index contributed by atoms with van der Waals surface area (Å²) in [7, 11) is 0. The van der Waals surface area contributed by atoms with E-state index in [0.717, 1.165) is 12.1 Å². The Kier molecular flexibility index (Phi) is 4.06. The van der Waals surface area contributed by atoms with Gasteiger partial charge in [-0.1, -0.05) is 11.6 Å². The van der Waals surface area contributed by atoms with Crippen LogP contribution in [-0.4, -0.2) is 9.97 Å². The summed E-state index contributed by atoms with van der Waals surface area (Å²) < 4.78 is 37.9. The van der Waals surface area contributed by atoms with E-state index >= 15 is 0 Å². The maximum Gasteiger partial charge on any atom is 0.416 e. The van der Waals surface area contributed by atoms with Crippen molar-refractivity contribution in [3.63, 3.8) is 0 Å². The largest absolute Gasteiger partial charge is 0.416 e. The Hall–Kier alpha value is -1.53. The second kappa shape index (κ2) is 5.46. The maximum absolute atomic E-state index is 12.6. The number of nitrogens with zero attached hydrogens (tertiary/aromatic N) is 2. The van der Waals surface area contributed by atoms with E-state index < -0.39 is 11.7 Å². The molecule has 1 aromatic heterocycles. The van der Waals surface area contributed by atoms with E-state index in [9.17, 15) is 13.2 Å². The number of benzene rings is 1. The molecule has 1 aromatic carbocycles. The Morgan fingerprint density at radius 3 is 2.40 bits per heavy atom. The summed E-state index contributed by atoms with van der Waals surface area (Å²) >= 11 is 11.6. The quantitative estimate of drug-likeness (QED) is 0.803. The van der Waals surface area contributed by atoms with Crippen LogP contribution in [0.1, 0.15) is 11.3 Å². The van der Waals surface area contributed by atoms with Gasteiger partial charge in [0.15, 0.2) is 0 Å². The second-order valence-electron chi connectivity index (χ2n) is 3.98. The van der Waals surface area contributed by atoms with Crippen molar-refractivity contribution < 1.29 is 13.2 Å². The number of anilines is 2. The van der Waals surface area contributed by atoms with Gasteiger partial charge in [0.05, 0.1) is 16.3 Å². The van der Waals surface area contributed by atoms with Crippen LogP contribution in [0, 0.1) is 6.92 Å². The average Bonchev–Trinajstić information content (AvgIpc) is 2.29. The molecule has 2 aromatic rings. The third-order valence-electron chi connectivity index (χ3n) is 2.38. The van der Waals surface area contributed by atoms with Gasteiger partial charge < -0.3 is 5.32 Å². The molecule has 0 amide bonds. The van der Waals surface area contributed by atoms with E-state index in [1.165, 1.54) is 6.07 Å². The van der Waals surface area contributed by atoms with Gasteiger partial charge in [0.1, 0.15) is 5.82 Å². The van der Waals surface area contributed by atoms with Crippen LogP contribution >= 0.6 is 23.2 Å². The zero-order valence-electron chi connectivity index (χ0n) is 10.1. The van der Waals surface area contributed by atoms with E-state index in [4.69, 9.17) is 23.2 Å². The van der Waals surface area contributed by atoms with Crippen molar-refractivity contribution in [1.29, 1.82) is 0 Å². The highest BCUT2D eigenvalue weighted by molar-refractivity contribution is 6.33. The molecule has 3 nitrogen and oxygen atoms in total. The fraction of sp³-hybridized carbons (Fsp3) is 0.167. The summed E-state index contributed by atoms with van der Waals surface area (Å²) in [6.07, 6.45) is -4.44. The molecule has 20 heavy (non-hydrogen) atoms. The first-order valence-electron chi connectivity index (χ1n) is 5.40. The smallest absolute Gasteiger partial charge is 0.339 e. The fourth-order valence-corrected chi connectivity index (χ4v) is 1.92. The van der Waals surface area contributed by atoms with E-state index in [2.05, 4.69) is 15.3 Å². The van der Waals surface area contributed by atoms with Crippen molar-refractivity contribution in [2.45, 2.75) is 13.1 Å². The van der Waals surface area contributed by atoms with Crippen molar-refractivity contribution in [2.75, 3.05) is 5.32 Å². The first kappa shape index (κ1) is 14.9. The summed E-state index contributed by atoms with van der Waals surface area (Å²) in [5.74, 6) is 0.267. The van der Waals surface area contributed by atoms with E-state index in [1.807, 2.05) is 0 Å². The summed E-state index contributed by atoms with van der Waals surface area (Å²) in [6.45, 7) is 1.69. The third-order valence-corrected chi connectivity index (χ3v) is 2.88. The molecular formula is C12H8Cl2F3N3. The molecular weight excluding hydrogens is 314 g/mol. The molecule has 1 heterocycles. The number of hydrogen-bond donors (Lipinski definition) is 1. The van der Waals surface area contributed by atoms with Crippen LogP contribution < -0.4 is 5.32 Å². The van der Waals surface area contributed by atoms with E-state index in [0.29, 0.717) is 5.69 Å². The molecule has 0 saturated heterocycles. The van der Waals surface area contributed by atoms with Crippen LogP contribution in [0.15, 0.2) is 24.3 Å². The number of nitrogens with one attached hydrogen (secondary N) is 1. The Labute approximate surface area is 122 Å². The molecule has 2 rings (SSSR count). The van der Waals surface area contributed by atoms with Gasteiger partial charge in [-0.3, -0.25) is 0 Å². The Bertz CT molecular complexity index is 624. The molecule has 0 fully saturated rings. The zero-order chi connectivity index (χ0) is 14.9. The highest BCUT2D eigenvalue weighted by Gasteiger charge is 2.31. The predicted octanol–water partition coefficient (Wildman–Crippen LogP) is 4.85. The minimum absolute atomic E-state index is 0.00408. The highest BCUT2D eigenvalue weighted by atomic mass is 35.5. The lowest BCUT2D eigenvalue weighted by molar-refractivity contribution is -0.137. The molecule has 0 aliphatic heterocycles. The molecule has 1 N–H and O–H groups in total. The van der Waals surface area contributed by atoms with Gasteiger partial charge in [0.2, 0.25) is 5.28 Å². The lowest BCUT2D eigenvalue weighted by Gasteiger charge is -2.12. The number of alkyl halides is 3. The zero-order valence-corrected chi connectivity index (χ0v) is 11.6. The SMILES string of the molecule is Cc1cc(Nc2cc(C(F)(F)F)ccc2Cl)nc(Cl)n1. The third kappa shape index (κ3) is 3.52. The van der Waals surface area contributed by atoms with Crippen molar-refractivity contribution in [3.05, 3.63) is 45.8 Å². The molecule has 8 heteroatoms. The second-order valence-corrected chi connectivity index (χ2v) is 4.73. The topological polar surface area (TPSA) is 37.8 Å². The molecule has 0 aliphatic rings. The Morgan fingerprint density at radius 2 is 1.80 bits per heavy atom. The van der Waals surface area contributed by atoms with Crippen molar-refractivity contribution in [3.8, 4) is 0 Å². The normalized spacial score (nSPS) is 11.5. The summed E-state index contributed by atoms with van der Waals surface area (Å²) in [5.41, 5.74) is -0.132. The monoisotopic (exact) mass is 321 g/mol. The standard InChI is InChI=1S/C12H8Cl2F3N3/c1-6-4-10(20-11(14)18-6)19-9-5-7(12(15,16)17)2-3-8(9)13/h2-5H,1H3,(H,18,19,20). The van der Waals surface area contributed by atoms with Crippen molar-refractivity contribution in [2.24, 2.45) is 0 Å². The summed E-state index contributed by atoms with van der Waals surface area (Å²) in [6, 6.07) is 4.53. The number of hydrogen-bond acceptors (Lipinski definition) is 3. The number of aryl methyl sites for hydroxylation is 1. The van der Waals surface area contributed by atoms with Gasteiger partial charge >= 0.3 is 6.18 Å². The van der Waals surface area contributed by atoms with Gasteiger partial charge in [-0.2, -0.15) is 13.2 Å². The van der Waals surface area contributed by atoms with Gasteiger partial charge in [-0.15, -0.1) is 0 Å². The number of aromatic nitrogens is 2. The first-order valence-corrected chi connectivity index (χ1v) is 6.16. The van der Waals surface area contributed by atoms with Crippen LogP contribution in [0.2, 0.25) is 10.3 Å². The molecule has 0 bridgehead atoms. The fourth-order valence-electron chi connectivity index (χ4n) is 1.53. The van der Waals surface area contributed by atoms with Gasteiger partial charge in [-0.05, 0) is 36.7 Å². The summed E-state index contributed by atoms with van der Waals surface area (Å²) in [5, 5.41) is 2.84. The van der Waals surface area contributed by atoms with Crippen molar-refractivity contribution in [1.82, 2.24) is 9.97 Å². The Balaban J connectivity index is 2.37. The van der Waals surface area contributed by atoms with Crippen molar-refractivity contribution >= 4 is 34.7 Å². The minimum Gasteiger partial charge on any atom is -0.339 e. The average molecular weight is 322 g/mol. The molecule has 0 radical (unpaired) electrons. The van der Waals surface area contributed by atoms with Gasteiger partial charge in [0.25, 0.3) is 0 Å². The maximum atomic E-state index is 12.6. The lowest BCUT2D eigenvalue weighted by atomic mass is 10.2. The number of halogens is 5. The van der Waals surface area contributed by atoms with Gasteiger partial charge in [-0.25, -0.2) is 9.97 Å². The minimum atomic E-state index is -4.44.